The molecule has 0 aliphatic rings. The predicted molar refractivity (Wildman–Crippen MR) is 28.6 cm³/mol. The largest absolute Gasteiger partial charge is 0.372 e. The maximum absolute atomic E-state index is 8.45. The van der Waals surface area contributed by atoms with Crippen LogP contribution >= 0.6 is 12.6 Å². The average Bonchev–Trinajstić information content (AvgIpc) is 1.68. The third kappa shape index (κ3) is 3.43. The van der Waals surface area contributed by atoms with Gasteiger partial charge in [0, 0.05) is 5.75 Å². The fraction of sp³-hybridized carbons (Fsp3) is 0.667. The molecule has 1 unspecified atom stereocenters. The third-order valence-electron chi connectivity index (χ3n) is 0.404. The van der Waals surface area contributed by atoms with Crippen molar-refractivity contribution in [2.75, 3.05) is 5.75 Å². The molecule has 0 aliphatic carbocycles. The fourth-order valence-electron chi connectivity index (χ4n) is 0.120. The normalized spacial score (nSPS) is 12.1. The van der Waals surface area contributed by atoms with E-state index in [-0.39, 0.29) is 5.75 Å². The van der Waals surface area contributed by atoms with Gasteiger partial charge >= 0.3 is 0 Å². The summed E-state index contributed by atoms with van der Waals surface area (Å²) in [4.78, 5) is 0. The van der Waals surface area contributed by atoms with Gasteiger partial charge < -0.3 is 5.11 Å². The summed E-state index contributed by atoms with van der Waals surface area (Å²) in [5.41, 5.74) is 0. The van der Waals surface area contributed by atoms with Gasteiger partial charge in [0.2, 0.25) is 0 Å². The molecule has 0 bridgehead atoms. The summed E-state index contributed by atoms with van der Waals surface area (Å²) < 4.78 is 0. The molecule has 2 N–H and O–H groups in total. The second-order valence-corrected chi connectivity index (χ2v) is 1.32. The molecule has 4 heteroatoms. The molecule has 40 valence electrons. The summed E-state index contributed by atoms with van der Waals surface area (Å²) in [5, 5.41) is 18.3. The highest BCUT2D eigenvalue weighted by Crippen LogP contribution is 1.77. The van der Waals surface area contributed by atoms with Gasteiger partial charge in [-0.05, 0) is 0 Å². The van der Waals surface area contributed by atoms with Crippen molar-refractivity contribution < 1.29 is 5.11 Å². The Morgan fingerprint density at radius 1 is 2.00 bits per heavy atom. The van der Waals surface area contributed by atoms with Gasteiger partial charge in [0.05, 0.1) is 0 Å². The van der Waals surface area contributed by atoms with Crippen molar-refractivity contribution in [3.8, 4) is 6.19 Å². The number of aliphatic hydroxyl groups is 1. The van der Waals surface area contributed by atoms with E-state index in [1.54, 1.807) is 6.19 Å². The maximum Gasteiger partial charge on any atom is 0.178 e. The Morgan fingerprint density at radius 2 is 2.57 bits per heavy atom. The minimum absolute atomic E-state index is 0.258. The van der Waals surface area contributed by atoms with Gasteiger partial charge in [-0.15, -0.1) is 0 Å². The summed E-state index contributed by atoms with van der Waals surface area (Å²) in [7, 11) is 0. The van der Waals surface area contributed by atoms with Crippen molar-refractivity contribution in [3.63, 3.8) is 0 Å². The van der Waals surface area contributed by atoms with Gasteiger partial charge in [-0.1, -0.05) is 0 Å². The molecular weight excluding hydrogens is 112 g/mol. The van der Waals surface area contributed by atoms with Crippen molar-refractivity contribution in [2.24, 2.45) is 0 Å². The van der Waals surface area contributed by atoms with E-state index >= 15 is 0 Å². The zero-order valence-electron chi connectivity index (χ0n) is 3.63. The van der Waals surface area contributed by atoms with Crippen LogP contribution in [-0.4, -0.2) is 17.1 Å². The van der Waals surface area contributed by atoms with Crippen LogP contribution in [0.2, 0.25) is 0 Å². The number of nitrogens with zero attached hydrogens (tertiary/aromatic N) is 1. The molecule has 7 heavy (non-hydrogen) atoms. The second-order valence-electron chi connectivity index (χ2n) is 0.955. The lowest BCUT2D eigenvalue weighted by atomic mass is 10.7. The van der Waals surface area contributed by atoms with Crippen LogP contribution in [0.15, 0.2) is 0 Å². The molecule has 0 aromatic carbocycles. The number of hydrogen-bond donors (Lipinski definition) is 3. The van der Waals surface area contributed by atoms with Crippen molar-refractivity contribution in [2.45, 2.75) is 6.23 Å². The first-order valence-corrected chi connectivity index (χ1v) is 2.38. The van der Waals surface area contributed by atoms with Gasteiger partial charge in [0.25, 0.3) is 0 Å². The topological polar surface area (TPSA) is 56.0 Å². The first-order chi connectivity index (χ1) is 3.31. The number of aliphatic hydroxyl groups excluding tert-OH is 1. The summed E-state index contributed by atoms with van der Waals surface area (Å²) in [6.45, 7) is 0. The van der Waals surface area contributed by atoms with E-state index in [1.165, 1.54) is 0 Å². The van der Waals surface area contributed by atoms with Crippen LogP contribution in [0.5, 0.6) is 0 Å². The Labute approximate surface area is 47.4 Å². The lowest BCUT2D eigenvalue weighted by molar-refractivity contribution is 0.181. The molecule has 3 nitrogen and oxygen atoms in total. The lowest BCUT2D eigenvalue weighted by Crippen LogP contribution is -2.25. The van der Waals surface area contributed by atoms with Gasteiger partial charge in [0.1, 0.15) is 6.23 Å². The molecule has 0 aromatic rings. The van der Waals surface area contributed by atoms with Gasteiger partial charge in [-0.2, -0.15) is 17.9 Å². The Balaban J connectivity index is 3.03. The monoisotopic (exact) mass is 118 g/mol. The van der Waals surface area contributed by atoms with Crippen LogP contribution in [0, 0.1) is 11.5 Å². The van der Waals surface area contributed by atoms with Gasteiger partial charge in [0.15, 0.2) is 6.19 Å². The molecule has 0 rings (SSSR count). The molecular formula is C3H6N2OS. The van der Waals surface area contributed by atoms with Crippen LogP contribution in [-0.2, 0) is 0 Å². The number of thiol groups is 1. The molecule has 0 spiro atoms. The first kappa shape index (κ1) is 6.60. The first-order valence-electron chi connectivity index (χ1n) is 1.74. The zero-order valence-corrected chi connectivity index (χ0v) is 4.52. The van der Waals surface area contributed by atoms with Gasteiger partial charge in [-0.25, -0.2) is 0 Å². The predicted octanol–water partition coefficient (Wildman–Crippen LogP) is -0.695. The average molecular weight is 118 g/mol. The molecule has 0 fully saturated rings. The zero-order chi connectivity index (χ0) is 5.70. The molecule has 0 saturated carbocycles. The van der Waals surface area contributed by atoms with E-state index in [0.29, 0.717) is 0 Å². The van der Waals surface area contributed by atoms with E-state index in [2.05, 4.69) is 17.9 Å². The van der Waals surface area contributed by atoms with Crippen molar-refractivity contribution in [1.82, 2.24) is 5.32 Å². The molecule has 1 atom stereocenters. The van der Waals surface area contributed by atoms with Gasteiger partial charge in [-0.3, -0.25) is 5.32 Å². The van der Waals surface area contributed by atoms with E-state index in [1.807, 2.05) is 0 Å². The fourth-order valence-corrected chi connectivity index (χ4v) is 0.211. The lowest BCUT2D eigenvalue weighted by Gasteiger charge is -1.99. The van der Waals surface area contributed by atoms with E-state index in [9.17, 15) is 0 Å². The number of rotatable bonds is 2. The quantitative estimate of drug-likeness (QED) is 0.194. The summed E-state index contributed by atoms with van der Waals surface area (Å²) in [6, 6.07) is 0. The molecule has 0 aromatic heterocycles. The van der Waals surface area contributed by atoms with Crippen LogP contribution in [0.3, 0.4) is 0 Å². The Morgan fingerprint density at radius 3 is 2.71 bits per heavy atom. The minimum atomic E-state index is -0.798. The number of hydrogen-bond acceptors (Lipinski definition) is 4. The smallest absolute Gasteiger partial charge is 0.178 e. The standard InChI is InChI=1S/C3H6N2OS/c4-2-5-3(6)1-7/h3,5-7H,1H2. The second kappa shape index (κ2) is 3.78. The molecule has 0 saturated heterocycles. The third-order valence-corrected chi connectivity index (χ3v) is 0.750. The summed E-state index contributed by atoms with van der Waals surface area (Å²) in [5.74, 6) is 0.258. The van der Waals surface area contributed by atoms with Crippen molar-refractivity contribution in [1.29, 1.82) is 5.26 Å². The van der Waals surface area contributed by atoms with Crippen LogP contribution in [0.25, 0.3) is 0 Å². The minimum Gasteiger partial charge on any atom is -0.372 e. The highest BCUT2D eigenvalue weighted by Gasteiger charge is 1.92. The van der Waals surface area contributed by atoms with Crippen molar-refractivity contribution in [3.05, 3.63) is 0 Å². The maximum atomic E-state index is 8.45. The molecule has 0 aliphatic heterocycles. The molecule has 0 amide bonds. The van der Waals surface area contributed by atoms with Crippen LogP contribution < -0.4 is 5.32 Å². The summed E-state index contributed by atoms with van der Waals surface area (Å²) in [6.07, 6.45) is 0.772. The Kier molecular flexibility index (Phi) is 3.56. The Bertz CT molecular complexity index is 79.5. The number of nitriles is 1. The van der Waals surface area contributed by atoms with Crippen LogP contribution in [0.1, 0.15) is 0 Å². The van der Waals surface area contributed by atoms with E-state index in [0.717, 1.165) is 0 Å². The van der Waals surface area contributed by atoms with E-state index in [4.69, 9.17) is 10.4 Å². The highest BCUT2D eigenvalue weighted by atomic mass is 32.1. The summed E-state index contributed by atoms with van der Waals surface area (Å²) >= 11 is 3.69. The highest BCUT2D eigenvalue weighted by molar-refractivity contribution is 7.80. The molecule has 0 radical (unpaired) electrons. The molecule has 0 heterocycles. The van der Waals surface area contributed by atoms with E-state index < -0.39 is 6.23 Å². The van der Waals surface area contributed by atoms with Crippen molar-refractivity contribution >= 4 is 12.6 Å². The number of nitrogens with one attached hydrogen (secondary N) is 1. The Hall–Kier alpha value is -0.400. The SMILES string of the molecule is N#CNC(O)CS. The van der Waals surface area contributed by atoms with Crippen LogP contribution in [0.4, 0.5) is 0 Å².